The molecule has 0 fully saturated rings. The molecule has 0 aliphatic carbocycles. The molecule has 0 saturated carbocycles. The predicted octanol–water partition coefficient (Wildman–Crippen LogP) is 1.99. The third-order valence-electron chi connectivity index (χ3n) is 2.02. The van der Waals surface area contributed by atoms with Crippen LogP contribution in [0.5, 0.6) is 0 Å². The van der Waals surface area contributed by atoms with Crippen molar-refractivity contribution in [2.24, 2.45) is 5.16 Å². The maximum atomic E-state index is 5.21. The van der Waals surface area contributed by atoms with E-state index in [0.29, 0.717) is 6.61 Å². The van der Waals surface area contributed by atoms with E-state index in [1.165, 1.54) is 0 Å². The molecule has 3 heteroatoms. The number of hydrogen-bond donors (Lipinski definition) is 0. The van der Waals surface area contributed by atoms with Gasteiger partial charge in [0.15, 0.2) is 0 Å². The number of benzene rings is 1. The van der Waals surface area contributed by atoms with Gasteiger partial charge in [0, 0.05) is 6.54 Å². The van der Waals surface area contributed by atoms with Gasteiger partial charge in [-0.1, -0.05) is 35.5 Å². The highest BCUT2D eigenvalue weighted by Crippen LogP contribution is 2.00. The van der Waals surface area contributed by atoms with E-state index in [9.17, 15) is 0 Å². The van der Waals surface area contributed by atoms with E-state index in [4.69, 9.17) is 4.84 Å². The molecular weight excluding hydrogens is 188 g/mol. The average molecular weight is 206 g/mol. The zero-order valence-electron chi connectivity index (χ0n) is 9.60. The van der Waals surface area contributed by atoms with Crippen molar-refractivity contribution < 1.29 is 4.84 Å². The molecule has 82 valence electrons. The van der Waals surface area contributed by atoms with E-state index < -0.39 is 0 Å². The highest BCUT2D eigenvalue weighted by molar-refractivity contribution is 5.98. The molecular formula is C12H18N2O. The van der Waals surface area contributed by atoms with Crippen LogP contribution in [0, 0.1) is 0 Å². The molecule has 0 atom stereocenters. The maximum Gasteiger partial charge on any atom is 0.129 e. The van der Waals surface area contributed by atoms with Crippen LogP contribution in [0.3, 0.4) is 0 Å². The molecule has 0 aliphatic rings. The van der Waals surface area contributed by atoms with Crippen LogP contribution in [0.15, 0.2) is 35.5 Å². The summed E-state index contributed by atoms with van der Waals surface area (Å²) in [7, 11) is 4.02. The van der Waals surface area contributed by atoms with Crippen LogP contribution >= 0.6 is 0 Å². The van der Waals surface area contributed by atoms with E-state index in [1.54, 1.807) is 0 Å². The Labute approximate surface area is 91.3 Å². The predicted molar refractivity (Wildman–Crippen MR) is 63.2 cm³/mol. The Bertz CT molecular complexity index is 307. The zero-order valence-corrected chi connectivity index (χ0v) is 9.60. The first-order chi connectivity index (χ1) is 7.20. The second-order valence-electron chi connectivity index (χ2n) is 3.68. The maximum absolute atomic E-state index is 5.21. The van der Waals surface area contributed by atoms with Crippen molar-refractivity contribution in [2.45, 2.75) is 6.92 Å². The molecule has 0 bridgehead atoms. The summed E-state index contributed by atoms with van der Waals surface area (Å²) in [5.41, 5.74) is 2.01. The summed E-state index contributed by atoms with van der Waals surface area (Å²) in [6.07, 6.45) is 0. The Hall–Kier alpha value is -1.35. The lowest BCUT2D eigenvalue weighted by atomic mass is 10.1. The molecule has 0 aromatic heterocycles. The topological polar surface area (TPSA) is 24.8 Å². The Balaban J connectivity index is 2.40. The lowest BCUT2D eigenvalue weighted by Gasteiger charge is -2.07. The molecule has 0 spiro atoms. The van der Waals surface area contributed by atoms with Crippen molar-refractivity contribution in [2.75, 3.05) is 27.2 Å². The number of nitrogens with zero attached hydrogens (tertiary/aromatic N) is 2. The first-order valence-corrected chi connectivity index (χ1v) is 5.07. The minimum absolute atomic E-state index is 0.622. The Morgan fingerprint density at radius 3 is 2.53 bits per heavy atom. The SMILES string of the molecule is C/C(=N\OCCN(C)C)c1ccccc1. The van der Waals surface area contributed by atoms with Crippen LogP contribution in [0.2, 0.25) is 0 Å². The molecule has 0 N–H and O–H groups in total. The van der Waals surface area contributed by atoms with Gasteiger partial charge in [0.25, 0.3) is 0 Å². The molecule has 0 amide bonds. The van der Waals surface area contributed by atoms with Gasteiger partial charge >= 0.3 is 0 Å². The second kappa shape index (κ2) is 6.19. The van der Waals surface area contributed by atoms with Gasteiger partial charge in [0.05, 0.1) is 5.71 Å². The van der Waals surface area contributed by atoms with Crippen LogP contribution in [0.4, 0.5) is 0 Å². The van der Waals surface area contributed by atoms with E-state index in [0.717, 1.165) is 17.8 Å². The fraction of sp³-hybridized carbons (Fsp3) is 0.417. The van der Waals surface area contributed by atoms with Crippen LogP contribution < -0.4 is 0 Å². The number of rotatable bonds is 5. The zero-order chi connectivity index (χ0) is 11.1. The van der Waals surface area contributed by atoms with Crippen molar-refractivity contribution in [3.05, 3.63) is 35.9 Å². The fourth-order valence-corrected chi connectivity index (χ4v) is 1.10. The molecule has 0 aliphatic heterocycles. The van der Waals surface area contributed by atoms with Gasteiger partial charge in [-0.3, -0.25) is 0 Å². The van der Waals surface area contributed by atoms with Crippen molar-refractivity contribution >= 4 is 5.71 Å². The van der Waals surface area contributed by atoms with Gasteiger partial charge in [-0.2, -0.15) is 0 Å². The standard InChI is InChI=1S/C12H18N2O/c1-11(12-7-5-4-6-8-12)13-15-10-9-14(2)3/h4-8H,9-10H2,1-3H3/b13-11+. The highest BCUT2D eigenvalue weighted by Gasteiger charge is 1.95. The van der Waals surface area contributed by atoms with Crippen LogP contribution in [-0.2, 0) is 4.84 Å². The lowest BCUT2D eigenvalue weighted by molar-refractivity contribution is 0.126. The quantitative estimate of drug-likeness (QED) is 0.418. The smallest absolute Gasteiger partial charge is 0.129 e. The van der Waals surface area contributed by atoms with Gasteiger partial charge in [-0.25, -0.2) is 0 Å². The molecule has 0 unspecified atom stereocenters. The number of hydrogen-bond acceptors (Lipinski definition) is 3. The molecule has 1 aromatic carbocycles. The summed E-state index contributed by atoms with van der Waals surface area (Å²) in [4.78, 5) is 7.27. The average Bonchev–Trinajstić information content (AvgIpc) is 2.25. The van der Waals surface area contributed by atoms with E-state index in [2.05, 4.69) is 10.1 Å². The molecule has 0 radical (unpaired) electrons. The summed E-state index contributed by atoms with van der Waals surface area (Å²) < 4.78 is 0. The monoisotopic (exact) mass is 206 g/mol. The molecule has 1 rings (SSSR count). The molecule has 0 saturated heterocycles. The van der Waals surface area contributed by atoms with Crippen molar-refractivity contribution in [1.82, 2.24) is 4.90 Å². The van der Waals surface area contributed by atoms with Crippen LogP contribution in [0.1, 0.15) is 12.5 Å². The first-order valence-electron chi connectivity index (χ1n) is 5.07. The summed E-state index contributed by atoms with van der Waals surface area (Å²) in [6.45, 7) is 3.45. The minimum Gasteiger partial charge on any atom is -0.394 e. The molecule has 3 nitrogen and oxygen atoms in total. The highest BCUT2D eigenvalue weighted by atomic mass is 16.6. The summed E-state index contributed by atoms with van der Waals surface area (Å²) in [5, 5.41) is 4.06. The van der Waals surface area contributed by atoms with E-state index in [-0.39, 0.29) is 0 Å². The Morgan fingerprint density at radius 1 is 1.27 bits per heavy atom. The minimum atomic E-state index is 0.622. The number of likely N-dealkylation sites (N-methyl/N-ethyl adjacent to an activating group) is 1. The number of oxime groups is 1. The third kappa shape index (κ3) is 4.61. The first kappa shape index (κ1) is 11.7. The second-order valence-corrected chi connectivity index (χ2v) is 3.68. The van der Waals surface area contributed by atoms with Crippen molar-refractivity contribution in [1.29, 1.82) is 0 Å². The van der Waals surface area contributed by atoms with E-state index >= 15 is 0 Å². The van der Waals surface area contributed by atoms with Crippen LogP contribution in [-0.4, -0.2) is 37.9 Å². The largest absolute Gasteiger partial charge is 0.394 e. The van der Waals surface area contributed by atoms with E-state index in [1.807, 2.05) is 51.4 Å². The van der Waals surface area contributed by atoms with Crippen molar-refractivity contribution in [3.8, 4) is 0 Å². The molecule has 0 heterocycles. The summed E-state index contributed by atoms with van der Waals surface area (Å²) in [6, 6.07) is 10.0. The van der Waals surface area contributed by atoms with Gasteiger partial charge in [-0.15, -0.1) is 0 Å². The Morgan fingerprint density at radius 2 is 1.93 bits per heavy atom. The van der Waals surface area contributed by atoms with Gasteiger partial charge in [0.2, 0.25) is 0 Å². The van der Waals surface area contributed by atoms with Crippen molar-refractivity contribution in [3.63, 3.8) is 0 Å². The third-order valence-corrected chi connectivity index (χ3v) is 2.02. The van der Waals surface area contributed by atoms with Gasteiger partial charge in [0.1, 0.15) is 6.61 Å². The molecule has 1 aromatic rings. The summed E-state index contributed by atoms with van der Waals surface area (Å²) in [5.74, 6) is 0. The molecule has 15 heavy (non-hydrogen) atoms. The van der Waals surface area contributed by atoms with Gasteiger partial charge in [-0.05, 0) is 26.6 Å². The van der Waals surface area contributed by atoms with Gasteiger partial charge < -0.3 is 9.74 Å². The summed E-state index contributed by atoms with van der Waals surface area (Å²) >= 11 is 0. The van der Waals surface area contributed by atoms with Crippen LogP contribution in [0.25, 0.3) is 0 Å². The lowest BCUT2D eigenvalue weighted by Crippen LogP contribution is -2.17. The normalized spacial score (nSPS) is 11.9. The fourth-order valence-electron chi connectivity index (χ4n) is 1.10. The Kier molecular flexibility index (Phi) is 4.84.